The second-order valence-electron chi connectivity index (χ2n) is 4.32. The molecule has 6 heteroatoms. The molecule has 0 radical (unpaired) electrons. The maximum Gasteiger partial charge on any atom is 0.247 e. The topological polar surface area (TPSA) is 51.0 Å². The smallest absolute Gasteiger partial charge is 0.247 e. The van der Waals surface area contributed by atoms with E-state index in [-0.39, 0.29) is 0 Å². The minimum Gasteiger partial charge on any atom is -0.419 e. The number of nitrogens with zero attached hydrogens (tertiary/aromatic N) is 2. The number of para-hydroxylation sites is 1. The second-order valence-corrected chi connectivity index (χ2v) is 5.13. The summed E-state index contributed by atoms with van der Waals surface area (Å²) < 4.78 is 5.60. The van der Waals surface area contributed by atoms with Crippen molar-refractivity contribution in [1.82, 2.24) is 10.2 Å². The van der Waals surface area contributed by atoms with Gasteiger partial charge in [0.05, 0.1) is 22.3 Å². The van der Waals surface area contributed by atoms with Crippen LogP contribution in [0.15, 0.2) is 52.9 Å². The predicted molar refractivity (Wildman–Crippen MR) is 83.5 cm³/mol. The third-order valence-electron chi connectivity index (χ3n) is 2.87. The summed E-state index contributed by atoms with van der Waals surface area (Å²) in [6.45, 7) is 0.350. The van der Waals surface area contributed by atoms with Gasteiger partial charge in [0.15, 0.2) is 0 Å². The fourth-order valence-corrected chi connectivity index (χ4v) is 2.38. The minimum absolute atomic E-state index is 0.350. The van der Waals surface area contributed by atoms with Crippen LogP contribution in [0.1, 0.15) is 5.89 Å². The Balaban J connectivity index is 1.74. The molecule has 0 fully saturated rings. The average Bonchev–Trinajstić information content (AvgIpc) is 2.97. The Kier molecular flexibility index (Phi) is 4.08. The summed E-state index contributed by atoms with van der Waals surface area (Å²) in [5, 5.41) is 12.2. The first kappa shape index (κ1) is 13.9. The molecule has 0 aliphatic carbocycles. The molecule has 0 atom stereocenters. The lowest BCUT2D eigenvalue weighted by Crippen LogP contribution is -2.00. The van der Waals surface area contributed by atoms with Crippen LogP contribution >= 0.6 is 23.2 Å². The van der Waals surface area contributed by atoms with Gasteiger partial charge in [-0.15, -0.1) is 10.2 Å². The maximum absolute atomic E-state index is 6.08. The highest BCUT2D eigenvalue weighted by Gasteiger charge is 2.10. The number of benzene rings is 2. The zero-order chi connectivity index (χ0) is 14.7. The summed E-state index contributed by atoms with van der Waals surface area (Å²) in [6, 6.07) is 14.9. The van der Waals surface area contributed by atoms with E-state index in [2.05, 4.69) is 15.5 Å². The first-order chi connectivity index (χ1) is 10.2. The van der Waals surface area contributed by atoms with Crippen LogP contribution in [-0.2, 0) is 6.54 Å². The first-order valence-corrected chi connectivity index (χ1v) is 7.05. The van der Waals surface area contributed by atoms with Crippen LogP contribution in [0, 0.1) is 0 Å². The van der Waals surface area contributed by atoms with Crippen molar-refractivity contribution in [3.8, 4) is 11.5 Å². The van der Waals surface area contributed by atoms with E-state index in [9.17, 15) is 0 Å². The van der Waals surface area contributed by atoms with Crippen molar-refractivity contribution in [2.45, 2.75) is 6.54 Å². The fraction of sp³-hybridized carbons (Fsp3) is 0.0667. The normalized spacial score (nSPS) is 10.6. The van der Waals surface area contributed by atoms with E-state index < -0.39 is 0 Å². The molecule has 0 saturated heterocycles. The number of rotatable bonds is 4. The van der Waals surface area contributed by atoms with E-state index in [1.54, 1.807) is 18.2 Å². The van der Waals surface area contributed by atoms with Crippen LogP contribution in [0.25, 0.3) is 11.5 Å². The quantitative estimate of drug-likeness (QED) is 0.760. The molecule has 2 aromatic carbocycles. The molecule has 1 aromatic heterocycles. The largest absolute Gasteiger partial charge is 0.419 e. The van der Waals surface area contributed by atoms with Gasteiger partial charge in [-0.1, -0.05) is 47.5 Å². The van der Waals surface area contributed by atoms with E-state index >= 15 is 0 Å². The predicted octanol–water partition coefficient (Wildman–Crippen LogP) is 4.66. The van der Waals surface area contributed by atoms with Gasteiger partial charge in [0.1, 0.15) is 0 Å². The van der Waals surface area contributed by atoms with E-state index in [4.69, 9.17) is 27.6 Å². The Labute approximate surface area is 131 Å². The van der Waals surface area contributed by atoms with Gasteiger partial charge in [0, 0.05) is 5.56 Å². The number of hydrogen-bond donors (Lipinski definition) is 1. The maximum atomic E-state index is 6.08. The van der Waals surface area contributed by atoms with Gasteiger partial charge in [-0.25, -0.2) is 0 Å². The summed E-state index contributed by atoms with van der Waals surface area (Å²) in [5.41, 5.74) is 1.53. The molecule has 3 aromatic rings. The van der Waals surface area contributed by atoms with E-state index in [1.807, 2.05) is 30.3 Å². The van der Waals surface area contributed by atoms with Gasteiger partial charge in [-0.3, -0.25) is 0 Å². The molecular weight excluding hydrogens is 309 g/mol. The Bertz CT molecular complexity index is 723. The van der Waals surface area contributed by atoms with Crippen molar-refractivity contribution in [3.63, 3.8) is 0 Å². The molecular formula is C15H11Cl2N3O. The van der Waals surface area contributed by atoms with Crippen molar-refractivity contribution in [2.24, 2.45) is 0 Å². The second kappa shape index (κ2) is 6.16. The molecule has 0 amide bonds. The van der Waals surface area contributed by atoms with Crippen LogP contribution < -0.4 is 5.32 Å². The Morgan fingerprint density at radius 2 is 1.62 bits per heavy atom. The summed E-state index contributed by atoms with van der Waals surface area (Å²) in [5.74, 6) is 0.947. The van der Waals surface area contributed by atoms with Gasteiger partial charge in [0.25, 0.3) is 0 Å². The zero-order valence-electron chi connectivity index (χ0n) is 10.9. The molecule has 3 rings (SSSR count). The number of aromatic nitrogens is 2. The van der Waals surface area contributed by atoms with Crippen molar-refractivity contribution in [2.75, 3.05) is 5.32 Å². The Hall–Kier alpha value is -2.04. The van der Waals surface area contributed by atoms with Crippen LogP contribution in [0.5, 0.6) is 0 Å². The molecule has 1 N–H and O–H groups in total. The fourth-order valence-electron chi connectivity index (χ4n) is 1.85. The number of halogens is 2. The Morgan fingerprint density at radius 1 is 0.905 bits per heavy atom. The third kappa shape index (κ3) is 3.17. The summed E-state index contributed by atoms with van der Waals surface area (Å²) in [7, 11) is 0. The van der Waals surface area contributed by atoms with Crippen molar-refractivity contribution in [3.05, 3.63) is 64.5 Å². The molecule has 0 saturated carbocycles. The summed E-state index contributed by atoms with van der Waals surface area (Å²) in [6.07, 6.45) is 0. The van der Waals surface area contributed by atoms with Crippen molar-refractivity contribution >= 4 is 28.9 Å². The average molecular weight is 320 g/mol. The number of anilines is 1. The monoisotopic (exact) mass is 319 g/mol. The molecule has 21 heavy (non-hydrogen) atoms. The van der Waals surface area contributed by atoms with Crippen LogP contribution in [-0.4, -0.2) is 10.2 Å². The number of nitrogens with one attached hydrogen (secondary N) is 1. The van der Waals surface area contributed by atoms with E-state index in [0.29, 0.717) is 34.1 Å². The van der Waals surface area contributed by atoms with Crippen molar-refractivity contribution in [1.29, 1.82) is 0 Å². The lowest BCUT2D eigenvalue weighted by Gasteiger charge is -2.07. The minimum atomic E-state index is 0.350. The molecule has 1 heterocycles. The molecule has 0 spiro atoms. The molecule has 4 nitrogen and oxygen atoms in total. The molecule has 0 bridgehead atoms. The van der Waals surface area contributed by atoms with Gasteiger partial charge < -0.3 is 9.73 Å². The highest BCUT2D eigenvalue weighted by atomic mass is 35.5. The molecule has 106 valence electrons. The standard InChI is InChI=1S/C15H11Cl2N3O/c16-11-7-4-8-12(17)14(11)18-9-13-19-20-15(21-13)10-5-2-1-3-6-10/h1-8,18H,9H2. The van der Waals surface area contributed by atoms with Crippen molar-refractivity contribution < 1.29 is 4.42 Å². The lowest BCUT2D eigenvalue weighted by atomic mass is 10.2. The highest BCUT2D eigenvalue weighted by molar-refractivity contribution is 6.39. The molecule has 0 unspecified atom stereocenters. The third-order valence-corrected chi connectivity index (χ3v) is 3.50. The zero-order valence-corrected chi connectivity index (χ0v) is 12.4. The first-order valence-electron chi connectivity index (χ1n) is 6.30. The van der Waals surface area contributed by atoms with E-state index in [0.717, 1.165) is 5.56 Å². The van der Waals surface area contributed by atoms with Gasteiger partial charge >= 0.3 is 0 Å². The van der Waals surface area contributed by atoms with Crippen LogP contribution in [0.3, 0.4) is 0 Å². The SMILES string of the molecule is Clc1cccc(Cl)c1NCc1nnc(-c2ccccc2)o1. The van der Waals surface area contributed by atoms with Gasteiger partial charge in [-0.05, 0) is 24.3 Å². The molecule has 0 aliphatic heterocycles. The van der Waals surface area contributed by atoms with Crippen LogP contribution in [0.2, 0.25) is 10.0 Å². The van der Waals surface area contributed by atoms with Gasteiger partial charge in [0.2, 0.25) is 11.8 Å². The summed E-state index contributed by atoms with van der Waals surface area (Å²) >= 11 is 12.2. The Morgan fingerprint density at radius 3 is 2.33 bits per heavy atom. The van der Waals surface area contributed by atoms with Gasteiger partial charge in [-0.2, -0.15) is 0 Å². The van der Waals surface area contributed by atoms with Crippen LogP contribution in [0.4, 0.5) is 5.69 Å². The van der Waals surface area contributed by atoms with E-state index in [1.165, 1.54) is 0 Å². The molecule has 0 aliphatic rings. The summed E-state index contributed by atoms with van der Waals surface area (Å²) in [4.78, 5) is 0. The lowest BCUT2D eigenvalue weighted by molar-refractivity contribution is 0.515. The number of hydrogen-bond acceptors (Lipinski definition) is 4. The highest BCUT2D eigenvalue weighted by Crippen LogP contribution is 2.30.